The third-order valence-corrected chi connectivity index (χ3v) is 5.87. The van der Waals surface area contributed by atoms with Gasteiger partial charge in [0.1, 0.15) is 5.75 Å². The summed E-state index contributed by atoms with van der Waals surface area (Å²) in [5, 5.41) is 0. The van der Waals surface area contributed by atoms with Gasteiger partial charge in [-0.2, -0.15) is 0 Å². The van der Waals surface area contributed by atoms with E-state index >= 15 is 0 Å². The molecule has 1 aromatic carbocycles. The van der Waals surface area contributed by atoms with E-state index in [2.05, 4.69) is 64.5 Å². The van der Waals surface area contributed by atoms with Crippen LogP contribution >= 0.6 is 38.6 Å². The topological polar surface area (TPSA) is 9.23 Å². The molecule has 106 valence electrons. The molecule has 3 rings (SSSR count). The number of hydrogen-bond donors (Lipinski definition) is 0. The Kier molecular flexibility index (Phi) is 4.58. The van der Waals surface area contributed by atoms with Crippen LogP contribution in [0.5, 0.6) is 5.75 Å². The molecule has 0 unspecified atom stereocenters. The van der Waals surface area contributed by atoms with Crippen molar-refractivity contribution < 1.29 is 4.74 Å². The molecule has 0 N–H and O–H groups in total. The van der Waals surface area contributed by atoms with Crippen LogP contribution in [0.3, 0.4) is 0 Å². The fourth-order valence-corrected chi connectivity index (χ4v) is 4.30. The van der Waals surface area contributed by atoms with E-state index in [0.717, 1.165) is 5.75 Å². The van der Waals surface area contributed by atoms with Gasteiger partial charge in [-0.25, -0.2) is 0 Å². The van der Waals surface area contributed by atoms with E-state index < -0.39 is 0 Å². The molecule has 1 nitrogen and oxygen atoms in total. The van der Waals surface area contributed by atoms with E-state index in [1.165, 1.54) is 24.0 Å². The van der Waals surface area contributed by atoms with Gasteiger partial charge in [0.05, 0.1) is 10.9 Å². The maximum Gasteiger partial charge on any atom is 0.118 e. The molecule has 0 saturated carbocycles. The van der Waals surface area contributed by atoms with E-state index in [0.29, 0.717) is 0 Å². The van der Waals surface area contributed by atoms with Crippen molar-refractivity contribution in [2.45, 2.75) is 0 Å². The lowest BCUT2D eigenvalue weighted by molar-refractivity contribution is 0.415. The lowest BCUT2D eigenvalue weighted by Gasteiger charge is -1.98. The minimum absolute atomic E-state index is 0.883. The summed E-state index contributed by atoms with van der Waals surface area (Å²) >= 11 is 7.07. The molecule has 4 heteroatoms. The first-order valence-electron chi connectivity index (χ1n) is 6.42. The molecule has 3 aromatic rings. The number of methoxy groups -OCH3 is 1. The third kappa shape index (κ3) is 3.64. The van der Waals surface area contributed by atoms with Gasteiger partial charge in [0.25, 0.3) is 0 Å². The Morgan fingerprint density at radius 1 is 0.857 bits per heavy atom. The normalized spacial score (nSPS) is 11.1. The molecular weight excluding hydrogens is 364 g/mol. The van der Waals surface area contributed by atoms with Crippen LogP contribution in [-0.4, -0.2) is 7.11 Å². The van der Waals surface area contributed by atoms with Gasteiger partial charge in [0.2, 0.25) is 0 Å². The van der Waals surface area contributed by atoms with E-state index in [9.17, 15) is 0 Å². The molecule has 0 fully saturated rings. The van der Waals surface area contributed by atoms with Crippen LogP contribution in [0, 0.1) is 0 Å². The summed E-state index contributed by atoms with van der Waals surface area (Å²) in [5.41, 5.74) is 1.17. The Balaban J connectivity index is 1.75. The first-order chi connectivity index (χ1) is 10.2. The highest BCUT2D eigenvalue weighted by Crippen LogP contribution is 2.36. The summed E-state index contributed by atoms with van der Waals surface area (Å²) in [4.78, 5) is 3.86. The molecule has 0 bridgehead atoms. The average Bonchev–Trinajstić information content (AvgIpc) is 3.14. The standard InChI is InChI=1S/C17H13BrOS2/c1-19-13-5-2-12(3-6-13)4-7-14-8-9-15(20-14)16-10-11-17(18)21-16/h2-11H,1H3/b7-4+. The summed E-state index contributed by atoms with van der Waals surface area (Å²) in [6, 6.07) is 16.6. The van der Waals surface area contributed by atoms with Gasteiger partial charge in [-0.15, -0.1) is 22.7 Å². The van der Waals surface area contributed by atoms with Crippen LogP contribution in [-0.2, 0) is 0 Å². The van der Waals surface area contributed by atoms with E-state index in [-0.39, 0.29) is 0 Å². The molecule has 0 radical (unpaired) electrons. The Bertz CT molecular complexity index is 753. The Morgan fingerprint density at radius 3 is 2.24 bits per heavy atom. The smallest absolute Gasteiger partial charge is 0.118 e. The molecule has 0 atom stereocenters. The first-order valence-corrected chi connectivity index (χ1v) is 8.85. The third-order valence-electron chi connectivity index (χ3n) is 3.00. The Labute approximate surface area is 140 Å². The van der Waals surface area contributed by atoms with Gasteiger partial charge in [0, 0.05) is 14.6 Å². The predicted octanol–water partition coefficient (Wildman–Crippen LogP) is 6.42. The number of thiophene rings is 2. The molecule has 2 heterocycles. The molecule has 0 aliphatic carbocycles. The van der Waals surface area contributed by atoms with Crippen molar-refractivity contribution in [1.29, 1.82) is 0 Å². The lowest BCUT2D eigenvalue weighted by Crippen LogP contribution is -1.81. The Hall–Kier alpha value is -1.36. The van der Waals surface area contributed by atoms with Crippen molar-refractivity contribution in [2.24, 2.45) is 0 Å². The minimum Gasteiger partial charge on any atom is -0.497 e. The number of hydrogen-bond acceptors (Lipinski definition) is 3. The SMILES string of the molecule is COc1ccc(/C=C/c2ccc(-c3ccc(Br)s3)s2)cc1. The number of rotatable bonds is 4. The second-order valence-corrected chi connectivity index (χ2v) is 7.99. The van der Waals surface area contributed by atoms with Gasteiger partial charge >= 0.3 is 0 Å². The van der Waals surface area contributed by atoms with Gasteiger partial charge in [0.15, 0.2) is 0 Å². The highest BCUT2D eigenvalue weighted by atomic mass is 79.9. The summed E-state index contributed by atoms with van der Waals surface area (Å²) in [7, 11) is 1.68. The molecule has 0 amide bonds. The maximum atomic E-state index is 5.16. The maximum absolute atomic E-state index is 5.16. The van der Waals surface area contributed by atoms with Crippen molar-refractivity contribution in [1.82, 2.24) is 0 Å². The fourth-order valence-electron chi connectivity index (χ4n) is 1.91. The molecule has 0 saturated heterocycles. The summed E-state index contributed by atoms with van der Waals surface area (Å²) in [6.07, 6.45) is 4.28. The molecule has 0 aliphatic rings. The molecule has 2 aromatic heterocycles. The quantitative estimate of drug-likeness (QED) is 0.510. The fraction of sp³-hybridized carbons (Fsp3) is 0.0588. The highest BCUT2D eigenvalue weighted by Gasteiger charge is 2.04. The van der Waals surface area contributed by atoms with Gasteiger partial charge in [-0.3, -0.25) is 0 Å². The summed E-state index contributed by atoms with van der Waals surface area (Å²) < 4.78 is 6.33. The zero-order valence-corrected chi connectivity index (χ0v) is 14.6. The highest BCUT2D eigenvalue weighted by molar-refractivity contribution is 9.11. The van der Waals surface area contributed by atoms with Gasteiger partial charge < -0.3 is 4.74 Å². The Morgan fingerprint density at radius 2 is 1.57 bits per heavy atom. The van der Waals surface area contributed by atoms with Gasteiger partial charge in [-0.1, -0.05) is 18.2 Å². The van der Waals surface area contributed by atoms with E-state index in [4.69, 9.17) is 4.74 Å². The largest absolute Gasteiger partial charge is 0.497 e. The first kappa shape index (κ1) is 14.6. The number of ether oxygens (including phenoxy) is 1. The van der Waals surface area contributed by atoms with E-state index in [1.807, 2.05) is 12.1 Å². The van der Waals surface area contributed by atoms with Crippen LogP contribution in [0.25, 0.3) is 21.9 Å². The van der Waals surface area contributed by atoms with Crippen LogP contribution in [0.2, 0.25) is 0 Å². The zero-order valence-electron chi connectivity index (χ0n) is 11.4. The van der Waals surface area contributed by atoms with E-state index in [1.54, 1.807) is 29.8 Å². The van der Waals surface area contributed by atoms with Crippen LogP contribution in [0.15, 0.2) is 52.3 Å². The minimum atomic E-state index is 0.883. The zero-order chi connectivity index (χ0) is 14.7. The lowest BCUT2D eigenvalue weighted by atomic mass is 10.2. The predicted molar refractivity (Wildman–Crippen MR) is 97.3 cm³/mol. The number of benzene rings is 1. The average molecular weight is 377 g/mol. The summed E-state index contributed by atoms with van der Waals surface area (Å²) in [6.45, 7) is 0. The van der Waals surface area contributed by atoms with Gasteiger partial charge in [-0.05, 0) is 64.0 Å². The van der Waals surface area contributed by atoms with Crippen molar-refractivity contribution in [2.75, 3.05) is 7.11 Å². The van der Waals surface area contributed by atoms with Crippen LogP contribution in [0.4, 0.5) is 0 Å². The molecular formula is C17H13BrOS2. The summed E-state index contributed by atoms with van der Waals surface area (Å²) in [5.74, 6) is 0.883. The molecule has 0 aliphatic heterocycles. The van der Waals surface area contributed by atoms with Crippen molar-refractivity contribution >= 4 is 50.8 Å². The van der Waals surface area contributed by atoms with Crippen molar-refractivity contribution in [3.05, 3.63) is 62.8 Å². The second-order valence-electron chi connectivity index (χ2n) is 4.41. The molecule has 21 heavy (non-hydrogen) atoms. The van der Waals surface area contributed by atoms with Crippen LogP contribution < -0.4 is 4.74 Å². The number of halogens is 1. The monoisotopic (exact) mass is 376 g/mol. The van der Waals surface area contributed by atoms with Crippen molar-refractivity contribution in [3.63, 3.8) is 0 Å². The molecule has 0 spiro atoms. The van der Waals surface area contributed by atoms with Crippen molar-refractivity contribution in [3.8, 4) is 15.5 Å². The second kappa shape index (κ2) is 6.60. The van der Waals surface area contributed by atoms with Crippen LogP contribution in [0.1, 0.15) is 10.4 Å².